The zero-order chi connectivity index (χ0) is 21.8. The minimum Gasteiger partial charge on any atom is -0.504 e. The molecular weight excluding hydrogens is 404 g/mol. The number of phenolic OH excluding ortho intramolecular Hbond substituents is 1. The standard InChI is InChI=1S/C18H16N2O4.H2O4S/c1-11-17(24-16-6-4-3-5-15(16)21)12(2)20(19-11)14-9-7-13(8-10-14)18(22)23;1-5(2,3)4/h3-10,21H,1-2H3,(H,22,23);(H2,1,2,3,4). The second-order valence-electron chi connectivity index (χ2n) is 5.78. The molecule has 1 heterocycles. The second kappa shape index (κ2) is 8.73. The minimum absolute atomic E-state index is 0.0508. The van der Waals surface area contributed by atoms with E-state index in [1.165, 1.54) is 12.1 Å². The van der Waals surface area contributed by atoms with Crippen LogP contribution in [0.5, 0.6) is 17.2 Å². The number of carboxylic acids is 1. The number of aromatic nitrogens is 2. The molecular formula is C18H18N2O8S. The van der Waals surface area contributed by atoms with E-state index in [1.807, 2.05) is 13.8 Å². The SMILES string of the molecule is Cc1nn(-c2ccc(C(=O)O)cc2)c(C)c1Oc1ccccc1O.O=S(=O)(O)O. The summed E-state index contributed by atoms with van der Waals surface area (Å²) in [6, 6.07) is 13.1. The highest BCUT2D eigenvalue weighted by molar-refractivity contribution is 7.79. The van der Waals surface area contributed by atoms with Gasteiger partial charge in [0.1, 0.15) is 5.69 Å². The van der Waals surface area contributed by atoms with Crippen molar-refractivity contribution in [3.63, 3.8) is 0 Å². The molecule has 0 unspecified atom stereocenters. The number of rotatable bonds is 4. The monoisotopic (exact) mass is 422 g/mol. The fourth-order valence-electron chi connectivity index (χ4n) is 2.43. The Hall–Kier alpha value is -3.41. The molecule has 0 saturated heterocycles. The number of aromatic carboxylic acids is 1. The average Bonchev–Trinajstić information content (AvgIpc) is 2.90. The summed E-state index contributed by atoms with van der Waals surface area (Å²) in [5.74, 6) is -0.0170. The van der Waals surface area contributed by atoms with E-state index in [-0.39, 0.29) is 11.3 Å². The van der Waals surface area contributed by atoms with E-state index in [2.05, 4.69) is 5.10 Å². The molecule has 0 amide bonds. The predicted molar refractivity (Wildman–Crippen MR) is 102 cm³/mol. The number of hydrogen-bond acceptors (Lipinski definition) is 6. The summed E-state index contributed by atoms with van der Waals surface area (Å²) in [6.45, 7) is 3.66. The normalized spacial score (nSPS) is 10.8. The van der Waals surface area contributed by atoms with Crippen LogP contribution in [0, 0.1) is 13.8 Å². The van der Waals surface area contributed by atoms with Crippen LogP contribution in [0.15, 0.2) is 48.5 Å². The Bertz CT molecular complexity index is 1110. The maximum absolute atomic E-state index is 10.9. The van der Waals surface area contributed by atoms with E-state index in [0.29, 0.717) is 17.2 Å². The predicted octanol–water partition coefficient (Wildman–Crippen LogP) is 3.03. The van der Waals surface area contributed by atoms with Gasteiger partial charge < -0.3 is 14.9 Å². The first-order chi connectivity index (χ1) is 13.5. The van der Waals surface area contributed by atoms with Gasteiger partial charge in [0.2, 0.25) is 0 Å². The molecule has 0 saturated carbocycles. The summed E-state index contributed by atoms with van der Waals surface area (Å²) >= 11 is 0. The average molecular weight is 422 g/mol. The lowest BCUT2D eigenvalue weighted by atomic mass is 10.2. The Balaban J connectivity index is 0.000000537. The van der Waals surface area contributed by atoms with Crippen LogP contribution in [-0.2, 0) is 10.4 Å². The highest BCUT2D eigenvalue weighted by Gasteiger charge is 2.16. The molecule has 0 aliphatic rings. The quantitative estimate of drug-likeness (QED) is 0.463. The second-order valence-corrected chi connectivity index (χ2v) is 6.68. The van der Waals surface area contributed by atoms with Gasteiger partial charge >= 0.3 is 16.4 Å². The van der Waals surface area contributed by atoms with Crippen molar-refractivity contribution < 1.29 is 37.3 Å². The van der Waals surface area contributed by atoms with Gasteiger partial charge in [0.25, 0.3) is 0 Å². The first-order valence-corrected chi connectivity index (χ1v) is 9.42. The van der Waals surface area contributed by atoms with Crippen LogP contribution < -0.4 is 4.74 Å². The van der Waals surface area contributed by atoms with Gasteiger partial charge in [0, 0.05) is 0 Å². The largest absolute Gasteiger partial charge is 0.504 e. The first-order valence-electron chi connectivity index (χ1n) is 8.03. The highest BCUT2D eigenvalue weighted by Crippen LogP contribution is 2.34. The first kappa shape index (κ1) is 21.9. The fourth-order valence-corrected chi connectivity index (χ4v) is 2.43. The zero-order valence-corrected chi connectivity index (χ0v) is 16.2. The maximum Gasteiger partial charge on any atom is 0.394 e. The van der Waals surface area contributed by atoms with E-state index in [9.17, 15) is 9.90 Å². The Morgan fingerprint density at radius 3 is 2.10 bits per heavy atom. The molecule has 0 atom stereocenters. The number of carboxylic acid groups (broad SMARTS) is 1. The van der Waals surface area contributed by atoms with Crippen molar-refractivity contribution in [1.82, 2.24) is 9.78 Å². The fraction of sp³-hybridized carbons (Fsp3) is 0.111. The van der Waals surface area contributed by atoms with Gasteiger partial charge in [-0.2, -0.15) is 13.5 Å². The van der Waals surface area contributed by atoms with Crippen molar-refractivity contribution in [1.29, 1.82) is 0 Å². The van der Waals surface area contributed by atoms with Gasteiger partial charge in [0.15, 0.2) is 17.2 Å². The molecule has 29 heavy (non-hydrogen) atoms. The maximum atomic E-state index is 10.9. The summed E-state index contributed by atoms with van der Waals surface area (Å²) in [6.07, 6.45) is 0. The molecule has 1 aromatic heterocycles. The van der Waals surface area contributed by atoms with Crippen molar-refractivity contribution >= 4 is 16.4 Å². The number of benzene rings is 2. The summed E-state index contributed by atoms with van der Waals surface area (Å²) in [7, 11) is -4.67. The third-order valence-electron chi connectivity index (χ3n) is 3.66. The van der Waals surface area contributed by atoms with Crippen LogP contribution >= 0.6 is 0 Å². The number of nitrogens with zero attached hydrogens (tertiary/aromatic N) is 2. The van der Waals surface area contributed by atoms with Crippen LogP contribution in [0.2, 0.25) is 0 Å². The van der Waals surface area contributed by atoms with Crippen molar-refractivity contribution in [2.75, 3.05) is 0 Å². The van der Waals surface area contributed by atoms with Crippen molar-refractivity contribution in [3.05, 3.63) is 65.5 Å². The lowest BCUT2D eigenvalue weighted by molar-refractivity contribution is 0.0697. The van der Waals surface area contributed by atoms with Crippen molar-refractivity contribution in [3.8, 4) is 22.9 Å². The molecule has 0 fully saturated rings. The van der Waals surface area contributed by atoms with E-state index in [1.54, 1.807) is 41.1 Å². The van der Waals surface area contributed by atoms with Crippen LogP contribution in [0.4, 0.5) is 0 Å². The Labute approximate surface area is 166 Å². The Morgan fingerprint density at radius 1 is 1.03 bits per heavy atom. The molecule has 11 heteroatoms. The van der Waals surface area contributed by atoms with E-state index >= 15 is 0 Å². The smallest absolute Gasteiger partial charge is 0.394 e. The molecule has 4 N–H and O–H groups in total. The number of phenols is 1. The van der Waals surface area contributed by atoms with Crippen LogP contribution in [0.3, 0.4) is 0 Å². The van der Waals surface area contributed by atoms with Gasteiger partial charge in [-0.3, -0.25) is 9.11 Å². The minimum atomic E-state index is -4.67. The number of ether oxygens (including phenoxy) is 1. The summed E-state index contributed by atoms with van der Waals surface area (Å²) in [5.41, 5.74) is 2.36. The highest BCUT2D eigenvalue weighted by atomic mass is 32.3. The van der Waals surface area contributed by atoms with Crippen LogP contribution in [0.25, 0.3) is 5.69 Å². The van der Waals surface area contributed by atoms with Gasteiger partial charge in [-0.05, 0) is 50.2 Å². The Morgan fingerprint density at radius 2 is 1.59 bits per heavy atom. The van der Waals surface area contributed by atoms with Gasteiger partial charge in [-0.1, -0.05) is 12.1 Å². The zero-order valence-electron chi connectivity index (χ0n) is 15.3. The molecule has 3 rings (SSSR count). The number of para-hydroxylation sites is 2. The molecule has 0 aliphatic heterocycles. The van der Waals surface area contributed by atoms with Crippen LogP contribution in [-0.4, -0.2) is 43.5 Å². The molecule has 10 nitrogen and oxygen atoms in total. The topological polar surface area (TPSA) is 159 Å². The van der Waals surface area contributed by atoms with Gasteiger partial charge in [0.05, 0.1) is 16.9 Å². The lowest BCUT2D eigenvalue weighted by Gasteiger charge is -2.08. The molecule has 0 aliphatic carbocycles. The van der Waals surface area contributed by atoms with E-state index in [4.69, 9.17) is 27.4 Å². The lowest BCUT2D eigenvalue weighted by Crippen LogP contribution is -2.01. The van der Waals surface area contributed by atoms with E-state index in [0.717, 1.165) is 11.4 Å². The summed E-state index contributed by atoms with van der Waals surface area (Å²) in [5, 5.41) is 23.3. The molecule has 0 radical (unpaired) electrons. The molecule has 2 aromatic carbocycles. The summed E-state index contributed by atoms with van der Waals surface area (Å²) < 4.78 is 39.1. The number of aryl methyl sites for hydroxylation is 1. The number of carbonyl (C=O) groups is 1. The molecule has 3 aromatic rings. The molecule has 0 spiro atoms. The Kier molecular flexibility index (Phi) is 6.59. The molecule has 154 valence electrons. The summed E-state index contributed by atoms with van der Waals surface area (Å²) in [4.78, 5) is 10.9. The van der Waals surface area contributed by atoms with Gasteiger partial charge in [-0.25, -0.2) is 9.48 Å². The van der Waals surface area contributed by atoms with Crippen molar-refractivity contribution in [2.45, 2.75) is 13.8 Å². The van der Waals surface area contributed by atoms with Gasteiger partial charge in [-0.15, -0.1) is 0 Å². The third-order valence-corrected chi connectivity index (χ3v) is 3.66. The molecule has 0 bridgehead atoms. The van der Waals surface area contributed by atoms with E-state index < -0.39 is 16.4 Å². The van der Waals surface area contributed by atoms with Crippen LogP contribution in [0.1, 0.15) is 21.7 Å². The van der Waals surface area contributed by atoms with Crippen molar-refractivity contribution in [2.24, 2.45) is 0 Å². The number of aromatic hydroxyl groups is 1. The number of hydrogen-bond donors (Lipinski definition) is 4. The third kappa shape index (κ3) is 6.04.